The average Bonchev–Trinajstić information content (AvgIpc) is 2.38. The van der Waals surface area contributed by atoms with Gasteiger partial charge >= 0.3 is 0 Å². The molecule has 0 aromatic heterocycles. The fourth-order valence-electron chi connectivity index (χ4n) is 2.25. The summed E-state index contributed by atoms with van der Waals surface area (Å²) in [5, 5.41) is 3.64. The van der Waals surface area contributed by atoms with Crippen molar-refractivity contribution < 1.29 is 4.74 Å². The lowest BCUT2D eigenvalue weighted by Crippen LogP contribution is -2.40. The SMILES string of the molecule is Cc1ccc(C(CN)NC2CCOCC2)cc1. The smallest absolute Gasteiger partial charge is 0.0480 e. The Bertz CT molecular complexity index is 331. The van der Waals surface area contributed by atoms with Gasteiger partial charge in [-0.3, -0.25) is 0 Å². The van der Waals surface area contributed by atoms with Gasteiger partial charge in [0.15, 0.2) is 0 Å². The Kier molecular flexibility index (Phi) is 4.54. The minimum atomic E-state index is 0.263. The van der Waals surface area contributed by atoms with Crippen molar-refractivity contribution in [3.63, 3.8) is 0 Å². The molecule has 2 rings (SSSR count). The molecule has 0 aliphatic carbocycles. The fraction of sp³-hybridized carbons (Fsp3) is 0.571. The van der Waals surface area contributed by atoms with Crippen LogP contribution in [0.2, 0.25) is 0 Å². The topological polar surface area (TPSA) is 47.3 Å². The van der Waals surface area contributed by atoms with Crippen LogP contribution in [0.4, 0.5) is 0 Å². The van der Waals surface area contributed by atoms with E-state index < -0.39 is 0 Å². The van der Waals surface area contributed by atoms with Gasteiger partial charge in [0, 0.05) is 31.8 Å². The maximum atomic E-state index is 5.87. The van der Waals surface area contributed by atoms with Crippen LogP contribution in [0.5, 0.6) is 0 Å². The largest absolute Gasteiger partial charge is 0.381 e. The summed E-state index contributed by atoms with van der Waals surface area (Å²) < 4.78 is 5.37. The van der Waals surface area contributed by atoms with Gasteiger partial charge in [0.05, 0.1) is 0 Å². The molecule has 3 heteroatoms. The normalized spacial score (nSPS) is 19.2. The van der Waals surface area contributed by atoms with Gasteiger partial charge in [-0.25, -0.2) is 0 Å². The zero-order valence-corrected chi connectivity index (χ0v) is 10.5. The second-order valence-electron chi connectivity index (χ2n) is 4.75. The molecule has 3 N–H and O–H groups in total. The van der Waals surface area contributed by atoms with Gasteiger partial charge in [-0.2, -0.15) is 0 Å². The molecule has 3 nitrogen and oxygen atoms in total. The average molecular weight is 234 g/mol. The lowest BCUT2D eigenvalue weighted by atomic mass is 10.0. The van der Waals surface area contributed by atoms with Crippen LogP contribution in [0.3, 0.4) is 0 Å². The van der Waals surface area contributed by atoms with E-state index in [-0.39, 0.29) is 6.04 Å². The van der Waals surface area contributed by atoms with Crippen LogP contribution >= 0.6 is 0 Å². The van der Waals surface area contributed by atoms with Crippen LogP contribution in [-0.4, -0.2) is 25.8 Å². The summed E-state index contributed by atoms with van der Waals surface area (Å²) in [5.41, 5.74) is 8.44. The number of nitrogens with two attached hydrogens (primary N) is 1. The van der Waals surface area contributed by atoms with Crippen LogP contribution in [0.15, 0.2) is 24.3 Å². The molecular formula is C14H22N2O. The van der Waals surface area contributed by atoms with Crippen LogP contribution in [0.25, 0.3) is 0 Å². The summed E-state index contributed by atoms with van der Waals surface area (Å²) >= 11 is 0. The number of nitrogens with one attached hydrogen (secondary N) is 1. The summed E-state index contributed by atoms with van der Waals surface area (Å²) in [6.07, 6.45) is 2.17. The highest BCUT2D eigenvalue weighted by Gasteiger charge is 2.18. The summed E-state index contributed by atoms with van der Waals surface area (Å²) in [7, 11) is 0. The Balaban J connectivity index is 1.97. The third kappa shape index (κ3) is 3.53. The third-order valence-corrected chi connectivity index (χ3v) is 3.37. The molecule has 1 heterocycles. The van der Waals surface area contributed by atoms with E-state index in [4.69, 9.17) is 10.5 Å². The van der Waals surface area contributed by atoms with E-state index >= 15 is 0 Å². The molecule has 1 saturated heterocycles. The third-order valence-electron chi connectivity index (χ3n) is 3.37. The summed E-state index contributed by atoms with van der Waals surface area (Å²) in [5.74, 6) is 0. The maximum absolute atomic E-state index is 5.87. The standard InChI is InChI=1S/C14H22N2O/c1-11-2-4-12(5-3-11)14(10-15)16-13-6-8-17-9-7-13/h2-5,13-14,16H,6-10,15H2,1H3. The van der Waals surface area contributed by atoms with E-state index in [9.17, 15) is 0 Å². The van der Waals surface area contributed by atoms with Crippen LogP contribution in [0.1, 0.15) is 30.0 Å². The van der Waals surface area contributed by atoms with Gasteiger partial charge in [0.25, 0.3) is 0 Å². The molecule has 1 fully saturated rings. The van der Waals surface area contributed by atoms with Gasteiger partial charge in [0.2, 0.25) is 0 Å². The van der Waals surface area contributed by atoms with Crippen molar-refractivity contribution in [2.75, 3.05) is 19.8 Å². The highest BCUT2D eigenvalue weighted by Crippen LogP contribution is 2.16. The maximum Gasteiger partial charge on any atom is 0.0480 e. The molecule has 1 aliphatic rings. The molecule has 1 atom stereocenters. The number of hydrogen-bond acceptors (Lipinski definition) is 3. The summed E-state index contributed by atoms with van der Waals surface area (Å²) in [6, 6.07) is 9.42. The van der Waals surface area contributed by atoms with Crippen molar-refractivity contribution in [1.82, 2.24) is 5.32 Å². The molecule has 0 radical (unpaired) electrons. The van der Waals surface area contributed by atoms with Crippen molar-refractivity contribution >= 4 is 0 Å². The van der Waals surface area contributed by atoms with Crippen molar-refractivity contribution in [2.24, 2.45) is 5.73 Å². The first-order chi connectivity index (χ1) is 8.29. The summed E-state index contributed by atoms with van der Waals surface area (Å²) in [4.78, 5) is 0. The number of rotatable bonds is 4. The Hall–Kier alpha value is -0.900. The van der Waals surface area contributed by atoms with Gasteiger partial charge < -0.3 is 15.8 Å². The number of aryl methyl sites for hydroxylation is 1. The molecule has 17 heavy (non-hydrogen) atoms. The fourth-order valence-corrected chi connectivity index (χ4v) is 2.25. The zero-order chi connectivity index (χ0) is 12.1. The zero-order valence-electron chi connectivity index (χ0n) is 10.5. The van der Waals surface area contributed by atoms with Crippen LogP contribution in [0, 0.1) is 6.92 Å². The molecule has 1 aromatic carbocycles. The van der Waals surface area contributed by atoms with Gasteiger partial charge in [-0.1, -0.05) is 29.8 Å². The quantitative estimate of drug-likeness (QED) is 0.834. The highest BCUT2D eigenvalue weighted by atomic mass is 16.5. The Morgan fingerprint density at radius 3 is 2.53 bits per heavy atom. The molecule has 0 spiro atoms. The Morgan fingerprint density at radius 2 is 1.94 bits per heavy atom. The molecule has 0 saturated carbocycles. The lowest BCUT2D eigenvalue weighted by Gasteiger charge is -2.28. The molecule has 0 bridgehead atoms. The van der Waals surface area contributed by atoms with E-state index in [1.807, 2.05) is 0 Å². The van der Waals surface area contributed by atoms with Gasteiger partial charge in [-0.15, -0.1) is 0 Å². The first kappa shape index (κ1) is 12.6. The van der Waals surface area contributed by atoms with Crippen LogP contribution < -0.4 is 11.1 Å². The Morgan fingerprint density at radius 1 is 1.29 bits per heavy atom. The number of ether oxygens (including phenoxy) is 1. The van der Waals surface area contributed by atoms with Crippen LogP contribution in [-0.2, 0) is 4.74 Å². The molecule has 1 aromatic rings. The van der Waals surface area contributed by atoms with Gasteiger partial charge in [0.1, 0.15) is 0 Å². The van der Waals surface area contributed by atoms with Gasteiger partial charge in [-0.05, 0) is 25.3 Å². The number of hydrogen-bond donors (Lipinski definition) is 2. The van der Waals surface area contributed by atoms with E-state index in [0.29, 0.717) is 12.6 Å². The van der Waals surface area contributed by atoms with E-state index in [1.165, 1.54) is 11.1 Å². The molecule has 1 unspecified atom stereocenters. The first-order valence-corrected chi connectivity index (χ1v) is 6.40. The molecular weight excluding hydrogens is 212 g/mol. The first-order valence-electron chi connectivity index (χ1n) is 6.40. The second-order valence-corrected chi connectivity index (χ2v) is 4.75. The summed E-state index contributed by atoms with van der Waals surface area (Å²) in [6.45, 7) is 4.47. The predicted octanol–water partition coefficient (Wildman–Crippen LogP) is 1.76. The number of benzene rings is 1. The van der Waals surface area contributed by atoms with Crippen molar-refractivity contribution in [1.29, 1.82) is 0 Å². The van der Waals surface area contributed by atoms with E-state index in [2.05, 4.69) is 36.5 Å². The minimum Gasteiger partial charge on any atom is -0.381 e. The highest BCUT2D eigenvalue weighted by molar-refractivity contribution is 5.24. The molecule has 0 amide bonds. The van der Waals surface area contributed by atoms with Crippen molar-refractivity contribution in [3.8, 4) is 0 Å². The lowest BCUT2D eigenvalue weighted by molar-refractivity contribution is 0.0751. The Labute approximate surface area is 103 Å². The van der Waals surface area contributed by atoms with Crippen molar-refractivity contribution in [2.45, 2.75) is 31.8 Å². The van der Waals surface area contributed by atoms with E-state index in [1.54, 1.807) is 0 Å². The molecule has 94 valence electrons. The predicted molar refractivity (Wildman–Crippen MR) is 70.0 cm³/mol. The van der Waals surface area contributed by atoms with E-state index in [0.717, 1.165) is 26.1 Å². The second kappa shape index (κ2) is 6.15. The monoisotopic (exact) mass is 234 g/mol. The molecule has 1 aliphatic heterocycles. The van der Waals surface area contributed by atoms with Crippen molar-refractivity contribution in [3.05, 3.63) is 35.4 Å². The minimum absolute atomic E-state index is 0.263.